The van der Waals surface area contributed by atoms with E-state index in [4.69, 9.17) is 11.6 Å². The van der Waals surface area contributed by atoms with Crippen molar-refractivity contribution >= 4 is 32.0 Å². The van der Waals surface area contributed by atoms with Gasteiger partial charge in [-0.25, -0.2) is 0 Å². The van der Waals surface area contributed by atoms with E-state index in [1.54, 1.807) is 0 Å². The summed E-state index contributed by atoms with van der Waals surface area (Å²) in [6.07, 6.45) is 4.79. The molecule has 0 aliphatic heterocycles. The normalized spacial score (nSPS) is 11.4. The van der Waals surface area contributed by atoms with Crippen molar-refractivity contribution in [2.24, 2.45) is 0 Å². The molecule has 0 bridgehead atoms. The molecule has 68 valence electrons. The van der Waals surface area contributed by atoms with Gasteiger partial charge in [0.2, 0.25) is 0 Å². The molecule has 0 aliphatic carbocycles. The first kappa shape index (κ1) is 10.6. The van der Waals surface area contributed by atoms with Crippen LogP contribution < -0.4 is 0 Å². The van der Waals surface area contributed by atoms with Crippen molar-refractivity contribution in [1.82, 2.24) is 0 Å². The summed E-state index contributed by atoms with van der Waals surface area (Å²) in [5.74, 6) is 0. The van der Waals surface area contributed by atoms with E-state index in [0.717, 1.165) is 21.5 Å². The summed E-state index contributed by atoms with van der Waals surface area (Å²) in [7, 11) is 0. The van der Waals surface area contributed by atoms with E-state index in [9.17, 15) is 0 Å². The van der Waals surface area contributed by atoms with E-state index >= 15 is 0 Å². The maximum Gasteiger partial charge on any atom is 0.0406 e. The number of hydrogen-bond donors (Lipinski definition) is 0. The summed E-state index contributed by atoms with van der Waals surface area (Å²) >= 11 is 9.25. The van der Waals surface area contributed by atoms with Crippen molar-refractivity contribution < 1.29 is 0 Å². The lowest BCUT2D eigenvalue weighted by Crippen LogP contribution is -1.75. The minimum absolute atomic E-state index is 0.757. The van der Waals surface area contributed by atoms with Gasteiger partial charge in [-0.3, -0.25) is 0 Å². The van der Waals surface area contributed by atoms with Gasteiger partial charge in [-0.05, 0) is 24.1 Å². The van der Waals surface area contributed by atoms with Crippen LogP contribution in [0.3, 0.4) is 0 Å². The van der Waals surface area contributed by atoms with Gasteiger partial charge in [-0.1, -0.05) is 51.8 Å². The topological polar surface area (TPSA) is 0 Å². The molecule has 0 spiro atoms. The molecule has 0 saturated carbocycles. The van der Waals surface area contributed by atoms with E-state index in [1.165, 1.54) is 0 Å². The van der Waals surface area contributed by atoms with Gasteiger partial charge < -0.3 is 0 Å². The summed E-state index contributed by atoms with van der Waals surface area (Å²) in [5.41, 5.74) is 1.13. The number of rotatable bonds is 3. The smallest absolute Gasteiger partial charge is 0.0406 e. The van der Waals surface area contributed by atoms with Crippen LogP contribution in [0.5, 0.6) is 0 Å². The molecule has 1 aromatic rings. The Hall–Kier alpha value is -0.530. The van der Waals surface area contributed by atoms with Gasteiger partial charge in [0.25, 0.3) is 0 Å². The monoisotopic (exact) mass is 256 g/mol. The molecule has 1 aromatic carbocycles. The fourth-order valence-electron chi connectivity index (χ4n) is 0.914. The third-order valence-electron chi connectivity index (χ3n) is 1.58. The first-order chi connectivity index (χ1) is 6.24. The Morgan fingerprint density at radius 1 is 1.38 bits per heavy atom. The van der Waals surface area contributed by atoms with Crippen LogP contribution in [0.4, 0.5) is 0 Å². The predicted octanol–water partition coefficient (Wildman–Crippen LogP) is 4.65. The highest BCUT2D eigenvalue weighted by Gasteiger charge is 1.95. The van der Waals surface area contributed by atoms with Crippen LogP contribution in [0.25, 0.3) is 4.48 Å². The number of hydrogen-bond acceptors (Lipinski definition) is 0. The van der Waals surface area contributed by atoms with Crippen molar-refractivity contribution in [3.05, 3.63) is 53.6 Å². The second-order valence-electron chi connectivity index (χ2n) is 2.58. The Kier molecular flexibility index (Phi) is 4.26. The molecule has 0 fully saturated rings. The van der Waals surface area contributed by atoms with Crippen molar-refractivity contribution in [2.45, 2.75) is 6.42 Å². The number of allylic oxidation sites excluding steroid dienone is 2. The minimum Gasteiger partial charge on any atom is -0.103 e. The molecule has 1 rings (SSSR count). The molecule has 0 N–H and O–H groups in total. The highest BCUT2D eigenvalue weighted by molar-refractivity contribution is 9.15. The molecule has 2 heteroatoms. The zero-order chi connectivity index (χ0) is 9.68. The predicted molar refractivity (Wildman–Crippen MR) is 63.2 cm³/mol. The molecular weight excluding hydrogens is 247 g/mol. The van der Waals surface area contributed by atoms with Crippen molar-refractivity contribution in [3.8, 4) is 0 Å². The SMILES string of the molecule is C=CCC=C(Br)c1ccc(Cl)cc1. The molecule has 0 heterocycles. The highest BCUT2D eigenvalue weighted by atomic mass is 79.9. The van der Waals surface area contributed by atoms with E-state index in [-0.39, 0.29) is 0 Å². The highest BCUT2D eigenvalue weighted by Crippen LogP contribution is 2.23. The van der Waals surface area contributed by atoms with E-state index in [1.807, 2.05) is 30.3 Å². The number of benzene rings is 1. The lowest BCUT2D eigenvalue weighted by Gasteiger charge is -1.98. The van der Waals surface area contributed by atoms with Crippen molar-refractivity contribution in [2.75, 3.05) is 0 Å². The molecule has 0 atom stereocenters. The lowest BCUT2D eigenvalue weighted by molar-refractivity contribution is 1.42. The van der Waals surface area contributed by atoms with E-state index in [2.05, 4.69) is 28.6 Å². The van der Waals surface area contributed by atoms with Gasteiger partial charge in [0.1, 0.15) is 0 Å². The van der Waals surface area contributed by atoms with Crippen LogP contribution in [0.2, 0.25) is 5.02 Å². The molecule has 0 saturated heterocycles. The second kappa shape index (κ2) is 5.25. The van der Waals surface area contributed by atoms with Gasteiger partial charge in [-0.15, -0.1) is 6.58 Å². The van der Waals surface area contributed by atoms with Gasteiger partial charge in [-0.2, -0.15) is 0 Å². The molecule has 0 radical (unpaired) electrons. The van der Waals surface area contributed by atoms with Crippen LogP contribution in [-0.4, -0.2) is 0 Å². The van der Waals surface area contributed by atoms with Crippen LogP contribution in [-0.2, 0) is 0 Å². The summed E-state index contributed by atoms with van der Waals surface area (Å²) in [5, 5.41) is 0.757. The third-order valence-corrected chi connectivity index (χ3v) is 2.62. The lowest BCUT2D eigenvalue weighted by atomic mass is 10.2. The zero-order valence-corrected chi connectivity index (χ0v) is 9.48. The van der Waals surface area contributed by atoms with Gasteiger partial charge >= 0.3 is 0 Å². The molecule has 0 unspecified atom stereocenters. The van der Waals surface area contributed by atoms with E-state index < -0.39 is 0 Å². The van der Waals surface area contributed by atoms with Crippen LogP contribution in [0.1, 0.15) is 12.0 Å². The Morgan fingerprint density at radius 2 is 2.00 bits per heavy atom. The fraction of sp³-hybridized carbons (Fsp3) is 0.0909. The zero-order valence-electron chi connectivity index (χ0n) is 7.13. The molecule has 13 heavy (non-hydrogen) atoms. The molecule has 0 aliphatic rings. The quantitative estimate of drug-likeness (QED) is 0.691. The van der Waals surface area contributed by atoms with Gasteiger partial charge in [0.05, 0.1) is 0 Å². The third kappa shape index (κ3) is 3.37. The Bertz CT molecular complexity index is 311. The summed E-state index contributed by atoms with van der Waals surface area (Å²) in [6.45, 7) is 3.65. The van der Waals surface area contributed by atoms with Crippen molar-refractivity contribution in [3.63, 3.8) is 0 Å². The average molecular weight is 258 g/mol. The average Bonchev–Trinajstić information content (AvgIpc) is 2.15. The maximum absolute atomic E-state index is 5.77. The number of halogens is 2. The first-order valence-electron chi connectivity index (χ1n) is 3.96. The fourth-order valence-corrected chi connectivity index (χ4v) is 1.49. The van der Waals surface area contributed by atoms with E-state index in [0.29, 0.717) is 0 Å². The van der Waals surface area contributed by atoms with Crippen LogP contribution >= 0.6 is 27.5 Å². The van der Waals surface area contributed by atoms with Crippen LogP contribution in [0.15, 0.2) is 43.0 Å². The molecule has 0 aromatic heterocycles. The standard InChI is InChI=1S/C11H10BrCl/c1-2-3-4-11(12)9-5-7-10(13)8-6-9/h2,4-8H,1,3H2. The minimum atomic E-state index is 0.757. The second-order valence-corrected chi connectivity index (χ2v) is 3.87. The Balaban J connectivity index is 2.82. The van der Waals surface area contributed by atoms with Crippen molar-refractivity contribution in [1.29, 1.82) is 0 Å². The summed E-state index contributed by atoms with van der Waals surface area (Å²) in [6, 6.07) is 7.71. The largest absolute Gasteiger partial charge is 0.103 e. The van der Waals surface area contributed by atoms with Gasteiger partial charge in [0.15, 0.2) is 0 Å². The molecule has 0 nitrogen and oxygen atoms in total. The maximum atomic E-state index is 5.77. The van der Waals surface area contributed by atoms with Crippen LogP contribution in [0, 0.1) is 0 Å². The first-order valence-corrected chi connectivity index (χ1v) is 5.13. The Labute approximate surface area is 92.0 Å². The Morgan fingerprint density at radius 3 is 2.54 bits per heavy atom. The molecular formula is C11H10BrCl. The molecule has 0 amide bonds. The van der Waals surface area contributed by atoms with Gasteiger partial charge in [0, 0.05) is 9.51 Å². The summed E-state index contributed by atoms with van der Waals surface area (Å²) < 4.78 is 1.07. The summed E-state index contributed by atoms with van der Waals surface area (Å²) in [4.78, 5) is 0.